The number of aliphatic hydroxyl groups is 1. The molecule has 0 saturated carbocycles. The second-order valence-corrected chi connectivity index (χ2v) is 6.17. The first-order valence-corrected chi connectivity index (χ1v) is 7.83. The van der Waals surface area contributed by atoms with E-state index in [0.717, 1.165) is 29.2 Å². The highest BCUT2D eigenvalue weighted by Gasteiger charge is 2.29. The van der Waals surface area contributed by atoms with Crippen LogP contribution in [0.2, 0.25) is 0 Å². The molecule has 1 aliphatic rings. The van der Waals surface area contributed by atoms with Crippen molar-refractivity contribution in [1.82, 2.24) is 0 Å². The maximum absolute atomic E-state index is 10.0. The van der Waals surface area contributed by atoms with Crippen LogP contribution in [-0.4, -0.2) is 41.1 Å². The van der Waals surface area contributed by atoms with Gasteiger partial charge in [-0.05, 0) is 38.2 Å². The highest BCUT2D eigenvalue weighted by atomic mass is 32.2. The third kappa shape index (κ3) is 3.02. The van der Waals surface area contributed by atoms with Crippen LogP contribution in [0.1, 0.15) is 25.3 Å². The predicted octanol–water partition coefficient (Wildman–Crippen LogP) is 1.85. The Bertz CT molecular complexity index is 507. The molecule has 0 amide bonds. The Balaban J connectivity index is 2.37. The van der Waals surface area contributed by atoms with Crippen molar-refractivity contribution in [3.63, 3.8) is 0 Å². The Morgan fingerprint density at radius 1 is 1.40 bits per heavy atom. The molecule has 0 aromatic heterocycles. The van der Waals surface area contributed by atoms with E-state index < -0.39 is 5.60 Å². The first-order valence-electron chi connectivity index (χ1n) is 6.61. The summed E-state index contributed by atoms with van der Waals surface area (Å²) in [5.41, 5.74) is 6.98. The zero-order chi connectivity index (χ0) is 14.8. The minimum atomic E-state index is -0.593. The van der Waals surface area contributed by atoms with E-state index in [1.165, 1.54) is 0 Å². The van der Waals surface area contributed by atoms with Crippen LogP contribution in [0.15, 0.2) is 28.3 Å². The van der Waals surface area contributed by atoms with E-state index >= 15 is 0 Å². The second-order valence-electron chi connectivity index (χ2n) is 5.32. The van der Waals surface area contributed by atoms with Gasteiger partial charge in [-0.1, -0.05) is 11.2 Å². The normalized spacial score (nSPS) is 19.1. The summed E-state index contributed by atoms with van der Waals surface area (Å²) in [5, 5.41) is 22.2. The lowest BCUT2D eigenvalue weighted by Crippen LogP contribution is -2.43. The van der Waals surface area contributed by atoms with Gasteiger partial charge in [0.15, 0.2) is 5.84 Å². The van der Waals surface area contributed by atoms with Crippen LogP contribution in [0.5, 0.6) is 0 Å². The number of anilines is 1. The van der Waals surface area contributed by atoms with Gasteiger partial charge in [-0.15, -0.1) is 11.8 Å². The van der Waals surface area contributed by atoms with Gasteiger partial charge in [0.1, 0.15) is 0 Å². The number of hydrogen-bond donors (Lipinski definition) is 3. The molecule has 2 rings (SSSR count). The van der Waals surface area contributed by atoms with Crippen LogP contribution in [0.25, 0.3) is 0 Å². The van der Waals surface area contributed by atoms with Crippen LogP contribution in [0, 0.1) is 0 Å². The van der Waals surface area contributed by atoms with E-state index in [2.05, 4.69) is 10.1 Å². The Hall–Kier alpha value is -1.40. The van der Waals surface area contributed by atoms with Crippen LogP contribution in [0.4, 0.5) is 5.69 Å². The number of rotatable bonds is 3. The molecule has 0 atom stereocenters. The molecule has 1 aliphatic heterocycles. The number of benzene rings is 1. The standard InChI is InChI=1S/C14H21N3O2S/c1-14(18)6-8-17(9-7-14)10-4-3-5-11(20-2)12(10)13(15)16-19/h3-5,18-19H,6-9H2,1-2H3,(H2,15,16). The number of oxime groups is 1. The van der Waals surface area contributed by atoms with Crippen molar-refractivity contribution in [2.45, 2.75) is 30.3 Å². The third-order valence-electron chi connectivity index (χ3n) is 3.77. The maximum atomic E-state index is 10.0. The Kier molecular flexibility index (Phi) is 4.45. The van der Waals surface area contributed by atoms with Gasteiger partial charge in [0.2, 0.25) is 0 Å². The molecule has 20 heavy (non-hydrogen) atoms. The summed E-state index contributed by atoms with van der Waals surface area (Å²) in [4.78, 5) is 3.17. The van der Waals surface area contributed by atoms with E-state index in [1.807, 2.05) is 31.4 Å². The molecule has 1 aromatic rings. The van der Waals surface area contributed by atoms with Crippen LogP contribution < -0.4 is 10.6 Å². The fraction of sp³-hybridized carbons (Fsp3) is 0.500. The van der Waals surface area contributed by atoms with E-state index in [1.54, 1.807) is 11.8 Å². The number of piperidine rings is 1. The zero-order valence-corrected chi connectivity index (χ0v) is 12.7. The van der Waals surface area contributed by atoms with E-state index in [0.29, 0.717) is 12.8 Å². The van der Waals surface area contributed by atoms with Gasteiger partial charge in [-0.25, -0.2) is 0 Å². The summed E-state index contributed by atoms with van der Waals surface area (Å²) in [6, 6.07) is 5.91. The van der Waals surface area contributed by atoms with Crippen molar-refractivity contribution in [3.8, 4) is 0 Å². The van der Waals surface area contributed by atoms with Gasteiger partial charge in [-0.3, -0.25) is 0 Å². The smallest absolute Gasteiger partial charge is 0.173 e. The summed E-state index contributed by atoms with van der Waals surface area (Å²) in [6.07, 6.45) is 3.40. The summed E-state index contributed by atoms with van der Waals surface area (Å²) >= 11 is 1.57. The molecule has 1 heterocycles. The highest BCUT2D eigenvalue weighted by molar-refractivity contribution is 7.98. The molecule has 5 nitrogen and oxygen atoms in total. The first kappa shape index (κ1) is 15.0. The van der Waals surface area contributed by atoms with Gasteiger partial charge in [0.25, 0.3) is 0 Å². The van der Waals surface area contributed by atoms with Crippen LogP contribution in [-0.2, 0) is 0 Å². The molecular formula is C14H21N3O2S. The summed E-state index contributed by atoms with van der Waals surface area (Å²) in [7, 11) is 0. The molecular weight excluding hydrogens is 274 g/mol. The molecule has 1 fully saturated rings. The SMILES string of the molecule is CSc1cccc(N2CCC(C)(O)CC2)c1/C(N)=N/O. The largest absolute Gasteiger partial charge is 0.409 e. The number of amidine groups is 1. The summed E-state index contributed by atoms with van der Waals surface area (Å²) in [6.45, 7) is 3.39. The van der Waals surface area contributed by atoms with Crippen molar-refractivity contribution < 1.29 is 10.3 Å². The van der Waals surface area contributed by atoms with Crippen molar-refractivity contribution in [1.29, 1.82) is 0 Å². The summed E-state index contributed by atoms with van der Waals surface area (Å²) < 4.78 is 0. The predicted molar refractivity (Wildman–Crippen MR) is 82.8 cm³/mol. The highest BCUT2D eigenvalue weighted by Crippen LogP contribution is 2.33. The van der Waals surface area contributed by atoms with Crippen LogP contribution >= 0.6 is 11.8 Å². The molecule has 0 unspecified atom stereocenters. The van der Waals surface area contributed by atoms with E-state index in [-0.39, 0.29) is 5.84 Å². The van der Waals surface area contributed by atoms with Crippen molar-refractivity contribution in [2.24, 2.45) is 10.9 Å². The lowest BCUT2D eigenvalue weighted by atomic mass is 9.93. The second kappa shape index (κ2) is 5.93. The third-order valence-corrected chi connectivity index (χ3v) is 4.55. The van der Waals surface area contributed by atoms with Crippen molar-refractivity contribution in [3.05, 3.63) is 23.8 Å². The summed E-state index contributed by atoms with van der Waals surface area (Å²) in [5.74, 6) is 0.127. The number of hydrogen-bond acceptors (Lipinski definition) is 5. The lowest BCUT2D eigenvalue weighted by molar-refractivity contribution is 0.0351. The minimum absolute atomic E-state index is 0.127. The lowest BCUT2D eigenvalue weighted by Gasteiger charge is -2.38. The first-order chi connectivity index (χ1) is 9.48. The fourth-order valence-corrected chi connectivity index (χ4v) is 3.12. The average molecular weight is 295 g/mol. The molecule has 0 radical (unpaired) electrons. The quantitative estimate of drug-likeness (QED) is 0.261. The average Bonchev–Trinajstić information content (AvgIpc) is 2.45. The van der Waals surface area contributed by atoms with Gasteiger partial charge < -0.3 is 20.9 Å². The Labute approximate surface area is 123 Å². The molecule has 6 heteroatoms. The monoisotopic (exact) mass is 295 g/mol. The maximum Gasteiger partial charge on any atom is 0.173 e. The van der Waals surface area contributed by atoms with Gasteiger partial charge in [0, 0.05) is 23.7 Å². The van der Waals surface area contributed by atoms with E-state index in [9.17, 15) is 5.11 Å². The molecule has 0 bridgehead atoms. The van der Waals surface area contributed by atoms with Crippen molar-refractivity contribution >= 4 is 23.3 Å². The van der Waals surface area contributed by atoms with Gasteiger partial charge >= 0.3 is 0 Å². The number of thioether (sulfide) groups is 1. The molecule has 4 N–H and O–H groups in total. The fourth-order valence-electron chi connectivity index (χ4n) is 2.49. The molecule has 110 valence electrons. The van der Waals surface area contributed by atoms with Gasteiger partial charge in [0.05, 0.1) is 11.2 Å². The number of nitrogens with zero attached hydrogens (tertiary/aromatic N) is 2. The van der Waals surface area contributed by atoms with Crippen molar-refractivity contribution in [2.75, 3.05) is 24.2 Å². The Morgan fingerprint density at radius 3 is 2.60 bits per heavy atom. The van der Waals surface area contributed by atoms with Gasteiger partial charge in [-0.2, -0.15) is 0 Å². The van der Waals surface area contributed by atoms with Crippen LogP contribution in [0.3, 0.4) is 0 Å². The molecule has 0 spiro atoms. The van der Waals surface area contributed by atoms with E-state index in [4.69, 9.17) is 10.9 Å². The molecule has 0 aliphatic carbocycles. The zero-order valence-electron chi connectivity index (χ0n) is 11.8. The Morgan fingerprint density at radius 2 is 2.05 bits per heavy atom. The molecule has 1 aromatic carbocycles. The minimum Gasteiger partial charge on any atom is -0.409 e. The number of nitrogens with two attached hydrogens (primary N) is 1. The molecule has 1 saturated heterocycles. The topological polar surface area (TPSA) is 82.1 Å².